The summed E-state index contributed by atoms with van der Waals surface area (Å²) in [7, 11) is 0. The van der Waals surface area contributed by atoms with Gasteiger partial charge in [0.1, 0.15) is 0 Å². The molecule has 0 aromatic rings. The second kappa shape index (κ2) is 4.49. The van der Waals surface area contributed by atoms with Crippen molar-refractivity contribution >= 4 is 0 Å². The fraction of sp³-hybridized carbons (Fsp3) is 0.800. The fourth-order valence-electron chi connectivity index (χ4n) is 5.55. The van der Waals surface area contributed by atoms with Crippen molar-refractivity contribution in [1.29, 1.82) is 0 Å². The van der Waals surface area contributed by atoms with Gasteiger partial charge in [-0.25, -0.2) is 0 Å². The van der Waals surface area contributed by atoms with Crippen molar-refractivity contribution in [2.45, 2.75) is 72.6 Å². The molecule has 0 aliphatic heterocycles. The molecule has 0 heteroatoms. The van der Waals surface area contributed by atoms with Gasteiger partial charge in [-0.1, -0.05) is 51.8 Å². The Balaban J connectivity index is 1.94. The molecule has 0 amide bonds. The Morgan fingerprint density at radius 3 is 2.60 bits per heavy atom. The Morgan fingerprint density at radius 2 is 1.90 bits per heavy atom. The lowest BCUT2D eigenvalue weighted by Crippen LogP contribution is -2.48. The van der Waals surface area contributed by atoms with Crippen molar-refractivity contribution in [2.75, 3.05) is 0 Å². The van der Waals surface area contributed by atoms with Crippen LogP contribution >= 0.6 is 0 Å². The molecule has 3 aliphatic rings. The summed E-state index contributed by atoms with van der Waals surface area (Å²) >= 11 is 0. The van der Waals surface area contributed by atoms with E-state index in [1.54, 1.807) is 0 Å². The van der Waals surface area contributed by atoms with Crippen LogP contribution in [0.4, 0.5) is 0 Å². The summed E-state index contributed by atoms with van der Waals surface area (Å²) < 4.78 is 0. The zero-order chi connectivity index (χ0) is 14.6. The molecule has 2 saturated carbocycles. The van der Waals surface area contributed by atoms with Crippen molar-refractivity contribution in [1.82, 2.24) is 0 Å². The molecule has 0 radical (unpaired) electrons. The molecule has 0 heterocycles. The first-order valence-electron chi connectivity index (χ1n) is 8.65. The lowest BCUT2D eigenvalue weighted by molar-refractivity contribution is -0.0131. The molecule has 2 unspecified atom stereocenters. The highest BCUT2D eigenvalue weighted by molar-refractivity contribution is 5.26. The molecule has 0 spiro atoms. The predicted molar refractivity (Wildman–Crippen MR) is 87.6 cm³/mol. The number of hydrogen-bond acceptors (Lipinski definition) is 0. The normalized spacial score (nSPS) is 46.9. The van der Waals surface area contributed by atoms with Crippen LogP contribution in [0.5, 0.6) is 0 Å². The summed E-state index contributed by atoms with van der Waals surface area (Å²) in [6, 6.07) is 0. The Hall–Kier alpha value is -0.520. The van der Waals surface area contributed by atoms with E-state index in [-0.39, 0.29) is 0 Å². The van der Waals surface area contributed by atoms with E-state index in [1.807, 2.05) is 5.57 Å². The first-order chi connectivity index (χ1) is 9.31. The molecule has 0 N–H and O–H groups in total. The second-order valence-electron chi connectivity index (χ2n) is 8.99. The van der Waals surface area contributed by atoms with Crippen LogP contribution < -0.4 is 0 Å². The van der Waals surface area contributed by atoms with E-state index in [0.29, 0.717) is 16.2 Å². The van der Waals surface area contributed by atoms with Crippen LogP contribution in [0, 0.1) is 28.1 Å². The van der Waals surface area contributed by atoms with Crippen LogP contribution in [-0.4, -0.2) is 0 Å². The van der Waals surface area contributed by atoms with E-state index in [0.717, 1.165) is 11.8 Å². The molecule has 2 fully saturated rings. The summed E-state index contributed by atoms with van der Waals surface area (Å²) in [6.07, 6.45) is 14.5. The first-order valence-corrected chi connectivity index (χ1v) is 8.65. The molecule has 0 bridgehead atoms. The van der Waals surface area contributed by atoms with Crippen molar-refractivity contribution in [3.8, 4) is 0 Å². The third-order valence-electron chi connectivity index (χ3n) is 7.24. The van der Waals surface area contributed by atoms with Crippen LogP contribution in [0.2, 0.25) is 0 Å². The molecular weight excluding hydrogens is 240 g/mol. The standard InChI is InChI=1S/C20H32/c1-6-19(4)12-13-20(5)15(14-19)9-10-16-17(20)8-7-11-18(16,2)3/h6,10,15,17H,1,7-9,11-14H2,2-5H3/t15?,17?,19-,20+/m0/s1. The van der Waals surface area contributed by atoms with Crippen molar-refractivity contribution < 1.29 is 0 Å². The van der Waals surface area contributed by atoms with Gasteiger partial charge in [0.05, 0.1) is 0 Å². The van der Waals surface area contributed by atoms with Crippen LogP contribution in [0.15, 0.2) is 24.3 Å². The third kappa shape index (κ3) is 2.02. The molecule has 3 rings (SSSR count). The van der Waals surface area contributed by atoms with Gasteiger partial charge in [0.2, 0.25) is 0 Å². The smallest absolute Gasteiger partial charge is 0.0141 e. The molecule has 0 aromatic heterocycles. The molecule has 0 nitrogen and oxygen atoms in total. The number of fused-ring (bicyclic) bond motifs is 3. The Kier molecular flexibility index (Phi) is 3.23. The summed E-state index contributed by atoms with van der Waals surface area (Å²) in [5.41, 5.74) is 3.21. The Bertz CT molecular complexity index is 441. The van der Waals surface area contributed by atoms with Crippen molar-refractivity contribution in [3.05, 3.63) is 24.3 Å². The van der Waals surface area contributed by atoms with Crippen LogP contribution in [-0.2, 0) is 0 Å². The van der Waals surface area contributed by atoms with Crippen LogP contribution in [0.3, 0.4) is 0 Å². The van der Waals surface area contributed by atoms with E-state index in [9.17, 15) is 0 Å². The average molecular weight is 272 g/mol. The SMILES string of the molecule is C=C[C@@]1(C)CC[C@]2(C)C(CC=C3C2CCCC3(C)C)C1. The van der Waals surface area contributed by atoms with Gasteiger partial charge in [0.15, 0.2) is 0 Å². The summed E-state index contributed by atoms with van der Waals surface area (Å²) in [4.78, 5) is 0. The monoisotopic (exact) mass is 272 g/mol. The van der Waals surface area contributed by atoms with E-state index >= 15 is 0 Å². The fourth-order valence-corrected chi connectivity index (χ4v) is 5.55. The summed E-state index contributed by atoms with van der Waals surface area (Å²) in [5, 5.41) is 0. The lowest BCUT2D eigenvalue weighted by Gasteiger charge is -2.58. The summed E-state index contributed by atoms with van der Waals surface area (Å²) in [5.74, 6) is 1.74. The molecule has 0 aromatic carbocycles. The minimum absolute atomic E-state index is 0.389. The minimum Gasteiger partial charge on any atom is -0.103 e. The van der Waals surface area contributed by atoms with E-state index in [4.69, 9.17) is 0 Å². The maximum absolute atomic E-state index is 4.11. The number of allylic oxidation sites excluding steroid dienone is 3. The average Bonchev–Trinajstić information content (AvgIpc) is 2.40. The second-order valence-corrected chi connectivity index (χ2v) is 8.99. The van der Waals surface area contributed by atoms with Gasteiger partial charge in [-0.15, -0.1) is 6.58 Å². The largest absolute Gasteiger partial charge is 0.103 e. The highest BCUT2D eigenvalue weighted by Gasteiger charge is 2.52. The number of hydrogen-bond donors (Lipinski definition) is 0. The lowest BCUT2D eigenvalue weighted by atomic mass is 9.47. The molecule has 4 atom stereocenters. The molecule has 20 heavy (non-hydrogen) atoms. The van der Waals surface area contributed by atoms with Crippen LogP contribution in [0.1, 0.15) is 72.6 Å². The van der Waals surface area contributed by atoms with Gasteiger partial charge >= 0.3 is 0 Å². The maximum atomic E-state index is 4.11. The zero-order valence-corrected chi connectivity index (χ0v) is 14.0. The minimum atomic E-state index is 0.389. The maximum Gasteiger partial charge on any atom is -0.0141 e. The zero-order valence-electron chi connectivity index (χ0n) is 14.0. The highest BCUT2D eigenvalue weighted by atomic mass is 14.6. The van der Waals surface area contributed by atoms with Gasteiger partial charge in [-0.2, -0.15) is 0 Å². The summed E-state index contributed by atoms with van der Waals surface area (Å²) in [6.45, 7) is 14.1. The Morgan fingerprint density at radius 1 is 1.15 bits per heavy atom. The molecule has 0 saturated heterocycles. The van der Waals surface area contributed by atoms with E-state index < -0.39 is 0 Å². The molecule has 3 aliphatic carbocycles. The van der Waals surface area contributed by atoms with E-state index in [2.05, 4.69) is 46.4 Å². The van der Waals surface area contributed by atoms with E-state index in [1.165, 1.54) is 44.9 Å². The van der Waals surface area contributed by atoms with Gasteiger partial charge in [0.25, 0.3) is 0 Å². The quantitative estimate of drug-likeness (QED) is 0.503. The molecule has 112 valence electrons. The topological polar surface area (TPSA) is 0 Å². The van der Waals surface area contributed by atoms with Crippen molar-refractivity contribution in [2.24, 2.45) is 28.1 Å². The van der Waals surface area contributed by atoms with Crippen LogP contribution in [0.25, 0.3) is 0 Å². The third-order valence-corrected chi connectivity index (χ3v) is 7.24. The van der Waals surface area contributed by atoms with Gasteiger partial charge in [-0.3, -0.25) is 0 Å². The Labute approximate surface area is 125 Å². The van der Waals surface area contributed by atoms with Gasteiger partial charge in [0, 0.05) is 0 Å². The first kappa shape index (κ1) is 14.4. The van der Waals surface area contributed by atoms with Crippen molar-refractivity contribution in [3.63, 3.8) is 0 Å². The predicted octanol–water partition coefficient (Wildman–Crippen LogP) is 6.14. The number of rotatable bonds is 1. The van der Waals surface area contributed by atoms with Gasteiger partial charge < -0.3 is 0 Å². The van der Waals surface area contributed by atoms with Gasteiger partial charge in [-0.05, 0) is 66.6 Å². The molecular formula is C20H32. The highest BCUT2D eigenvalue weighted by Crippen LogP contribution is 2.63.